The minimum absolute atomic E-state index is 0.125. The van der Waals surface area contributed by atoms with Gasteiger partial charge in [-0.1, -0.05) is 49.4 Å². The molecule has 0 N–H and O–H groups in total. The van der Waals surface area contributed by atoms with Crippen LogP contribution in [0.1, 0.15) is 53.7 Å². The number of carbonyl (C=O) groups is 1. The molecule has 0 fully saturated rings. The summed E-state index contributed by atoms with van der Waals surface area (Å²) in [6, 6.07) is 4.14. The molecular formula is C24H28O. The lowest BCUT2D eigenvalue weighted by molar-refractivity contribution is 0.0945. The maximum Gasteiger partial charge on any atom is 0.169 e. The van der Waals surface area contributed by atoms with Crippen LogP contribution in [0, 0.1) is 26.7 Å². The van der Waals surface area contributed by atoms with Crippen LogP contribution < -0.4 is 0 Å². The Bertz CT molecular complexity index is 839. The van der Waals surface area contributed by atoms with Crippen molar-refractivity contribution >= 4 is 5.78 Å². The van der Waals surface area contributed by atoms with Crippen LogP contribution in [-0.4, -0.2) is 5.78 Å². The number of hydrogen-bond acceptors (Lipinski definition) is 1. The molecule has 0 aromatic heterocycles. The maximum absolute atomic E-state index is 13.1. The lowest BCUT2D eigenvalue weighted by Gasteiger charge is -2.23. The molecule has 1 atom stereocenters. The first-order valence-corrected chi connectivity index (χ1v) is 8.85. The van der Waals surface area contributed by atoms with Gasteiger partial charge in [-0.15, -0.1) is 5.73 Å². The number of carbonyl (C=O) groups excluding carboxylic acids is 1. The van der Waals surface area contributed by atoms with Gasteiger partial charge in [-0.25, -0.2) is 0 Å². The molecule has 0 radical (unpaired) electrons. The number of allylic oxidation sites excluding steroid dienone is 6. The van der Waals surface area contributed by atoms with Crippen molar-refractivity contribution in [3.8, 4) is 0 Å². The van der Waals surface area contributed by atoms with Gasteiger partial charge in [-0.2, -0.15) is 0 Å². The second-order valence-corrected chi connectivity index (χ2v) is 7.05. The highest BCUT2D eigenvalue weighted by Gasteiger charge is 2.24. The van der Waals surface area contributed by atoms with Crippen molar-refractivity contribution in [3.63, 3.8) is 0 Å². The maximum atomic E-state index is 13.1. The van der Waals surface area contributed by atoms with Gasteiger partial charge in [0.05, 0.1) is 0 Å². The zero-order valence-corrected chi connectivity index (χ0v) is 16.1. The van der Waals surface area contributed by atoms with Crippen LogP contribution in [0.5, 0.6) is 0 Å². The van der Waals surface area contributed by atoms with Crippen LogP contribution in [0.4, 0.5) is 0 Å². The Morgan fingerprint density at radius 1 is 1.12 bits per heavy atom. The first kappa shape index (κ1) is 19.0. The minimum Gasteiger partial charge on any atom is -0.294 e. The molecule has 130 valence electrons. The van der Waals surface area contributed by atoms with Gasteiger partial charge in [0.2, 0.25) is 0 Å². The van der Waals surface area contributed by atoms with Crippen molar-refractivity contribution in [3.05, 3.63) is 87.7 Å². The van der Waals surface area contributed by atoms with Crippen molar-refractivity contribution in [1.29, 1.82) is 0 Å². The highest BCUT2D eigenvalue weighted by molar-refractivity contribution is 6.01. The van der Waals surface area contributed by atoms with Crippen LogP contribution in [0.25, 0.3) is 0 Å². The van der Waals surface area contributed by atoms with E-state index in [1.165, 1.54) is 22.3 Å². The minimum atomic E-state index is -0.125. The molecule has 0 spiro atoms. The summed E-state index contributed by atoms with van der Waals surface area (Å²) in [5.74, 6) is 0.0771. The van der Waals surface area contributed by atoms with E-state index in [0.29, 0.717) is 0 Å². The van der Waals surface area contributed by atoms with Crippen LogP contribution in [0.2, 0.25) is 0 Å². The van der Waals surface area contributed by atoms with E-state index >= 15 is 0 Å². The van der Waals surface area contributed by atoms with E-state index < -0.39 is 0 Å². The molecular weight excluding hydrogens is 304 g/mol. The van der Waals surface area contributed by atoms with E-state index in [4.69, 9.17) is 0 Å². The van der Waals surface area contributed by atoms with Crippen molar-refractivity contribution < 1.29 is 4.79 Å². The molecule has 1 aliphatic rings. The summed E-state index contributed by atoms with van der Waals surface area (Å²) >= 11 is 0. The molecule has 1 aliphatic carbocycles. The average molecular weight is 332 g/mol. The summed E-state index contributed by atoms with van der Waals surface area (Å²) in [6.07, 6.45) is 5.82. The Labute approximate surface area is 152 Å². The third-order valence-electron chi connectivity index (χ3n) is 5.32. The second-order valence-electron chi connectivity index (χ2n) is 7.05. The molecule has 25 heavy (non-hydrogen) atoms. The average Bonchev–Trinajstić information content (AvgIpc) is 2.59. The zero-order valence-electron chi connectivity index (χ0n) is 16.1. The van der Waals surface area contributed by atoms with Gasteiger partial charge in [0.25, 0.3) is 0 Å². The number of hydrogen-bond donors (Lipinski definition) is 0. The quantitative estimate of drug-likeness (QED) is 0.348. The number of benzene rings is 1. The number of ketones is 1. The molecule has 1 aromatic rings. The van der Waals surface area contributed by atoms with Crippen molar-refractivity contribution in [2.45, 2.75) is 47.5 Å². The van der Waals surface area contributed by atoms with E-state index in [1.54, 1.807) is 6.08 Å². The normalized spacial score (nSPS) is 15.3. The highest BCUT2D eigenvalue weighted by atomic mass is 16.1. The Morgan fingerprint density at radius 2 is 1.76 bits per heavy atom. The third-order valence-corrected chi connectivity index (χ3v) is 5.32. The molecule has 0 heterocycles. The summed E-state index contributed by atoms with van der Waals surface area (Å²) in [5, 5.41) is 0. The highest BCUT2D eigenvalue weighted by Crippen LogP contribution is 2.33. The van der Waals surface area contributed by atoms with Gasteiger partial charge in [-0.05, 0) is 68.9 Å². The molecule has 2 rings (SSSR count). The van der Waals surface area contributed by atoms with Crippen molar-refractivity contribution in [1.82, 2.24) is 0 Å². The first-order chi connectivity index (χ1) is 11.8. The summed E-state index contributed by atoms with van der Waals surface area (Å²) in [7, 11) is 0. The van der Waals surface area contributed by atoms with E-state index in [9.17, 15) is 4.79 Å². The van der Waals surface area contributed by atoms with E-state index in [0.717, 1.165) is 35.1 Å². The standard InChI is InChI=1S/C24H28O/c1-8-20(9-2)22-14-21(11-10-15(22)3)19(7)24(25)23-13-17(5)16(4)12-18(23)6/h8,12-14,19H,1-2,10-11H2,3-7H3. The molecule has 0 bridgehead atoms. The Balaban J connectivity index is 2.40. The fourth-order valence-corrected chi connectivity index (χ4v) is 3.40. The number of Topliss-reactive ketones (excluding diaryl/α,β-unsaturated/α-hetero) is 1. The van der Waals surface area contributed by atoms with Gasteiger partial charge in [0, 0.05) is 17.1 Å². The molecule has 1 unspecified atom stereocenters. The van der Waals surface area contributed by atoms with Gasteiger partial charge in [0.1, 0.15) is 0 Å². The van der Waals surface area contributed by atoms with Gasteiger partial charge < -0.3 is 0 Å². The van der Waals surface area contributed by atoms with E-state index in [-0.39, 0.29) is 11.7 Å². The topological polar surface area (TPSA) is 17.1 Å². The van der Waals surface area contributed by atoms with Crippen molar-refractivity contribution in [2.24, 2.45) is 5.92 Å². The Hall–Kier alpha value is -2.37. The molecule has 0 aliphatic heterocycles. The van der Waals surface area contributed by atoms with Crippen LogP contribution in [0.3, 0.4) is 0 Å². The van der Waals surface area contributed by atoms with Crippen LogP contribution >= 0.6 is 0 Å². The largest absolute Gasteiger partial charge is 0.294 e. The van der Waals surface area contributed by atoms with Crippen molar-refractivity contribution in [2.75, 3.05) is 0 Å². The molecule has 0 saturated carbocycles. The SMILES string of the molecule is C=C=C(C=C)C1=C(C)CCC(C(C)C(=O)c2cc(C)c(C)cc2C)=C1. The van der Waals surface area contributed by atoms with Gasteiger partial charge in [-0.3, -0.25) is 4.79 Å². The summed E-state index contributed by atoms with van der Waals surface area (Å²) in [5.41, 5.74) is 11.8. The predicted octanol–water partition coefficient (Wildman–Crippen LogP) is 6.36. The summed E-state index contributed by atoms with van der Waals surface area (Å²) in [4.78, 5) is 13.1. The van der Waals surface area contributed by atoms with E-state index in [1.807, 2.05) is 19.9 Å². The number of rotatable bonds is 5. The summed E-state index contributed by atoms with van der Waals surface area (Å²) in [6.45, 7) is 17.9. The Morgan fingerprint density at radius 3 is 2.36 bits per heavy atom. The zero-order chi connectivity index (χ0) is 18.7. The molecule has 0 amide bonds. The van der Waals surface area contributed by atoms with Gasteiger partial charge >= 0.3 is 0 Å². The number of aryl methyl sites for hydroxylation is 3. The molecule has 1 nitrogen and oxygen atoms in total. The lowest BCUT2D eigenvalue weighted by Crippen LogP contribution is -2.17. The predicted molar refractivity (Wildman–Crippen MR) is 107 cm³/mol. The fourth-order valence-electron chi connectivity index (χ4n) is 3.40. The smallest absolute Gasteiger partial charge is 0.169 e. The van der Waals surface area contributed by atoms with Crippen LogP contribution in [-0.2, 0) is 0 Å². The Kier molecular flexibility index (Phi) is 5.82. The monoisotopic (exact) mass is 332 g/mol. The third kappa shape index (κ3) is 3.83. The van der Waals surface area contributed by atoms with E-state index in [2.05, 4.69) is 51.8 Å². The fraction of sp³-hybridized carbons (Fsp3) is 0.333. The van der Waals surface area contributed by atoms with Gasteiger partial charge in [0.15, 0.2) is 5.78 Å². The summed E-state index contributed by atoms with van der Waals surface area (Å²) < 4.78 is 0. The molecule has 0 saturated heterocycles. The second kappa shape index (κ2) is 7.68. The lowest BCUT2D eigenvalue weighted by atomic mass is 9.81. The van der Waals surface area contributed by atoms with Crippen LogP contribution in [0.15, 0.2) is 65.5 Å². The molecule has 1 aromatic carbocycles. The molecule has 1 heteroatoms. The first-order valence-electron chi connectivity index (χ1n) is 8.85.